The number of hydrogen-bond donors (Lipinski definition) is 0. The largest absolute Gasteiger partial charge is 0.337 e. The highest BCUT2D eigenvalue weighted by atomic mass is 16.2. The van der Waals surface area contributed by atoms with Crippen LogP contribution in [0, 0.1) is 0 Å². The quantitative estimate of drug-likeness (QED) is 0.861. The van der Waals surface area contributed by atoms with Crippen molar-refractivity contribution in [1.82, 2.24) is 19.6 Å². The van der Waals surface area contributed by atoms with Crippen LogP contribution in [-0.4, -0.2) is 51.7 Å². The highest BCUT2D eigenvalue weighted by Gasteiger charge is 2.25. The van der Waals surface area contributed by atoms with Crippen molar-refractivity contribution in [1.29, 1.82) is 0 Å². The lowest BCUT2D eigenvalue weighted by Crippen LogP contribution is -2.40. The molecule has 0 aliphatic carbocycles. The van der Waals surface area contributed by atoms with Crippen LogP contribution in [0.15, 0.2) is 42.7 Å². The maximum atomic E-state index is 12.9. The Morgan fingerprint density at radius 1 is 1.08 bits per heavy atom. The van der Waals surface area contributed by atoms with Gasteiger partial charge >= 0.3 is 0 Å². The Balaban J connectivity index is 1.39. The van der Waals surface area contributed by atoms with E-state index in [1.165, 1.54) is 31.5 Å². The summed E-state index contributed by atoms with van der Waals surface area (Å²) < 4.78 is 1.98. The van der Waals surface area contributed by atoms with E-state index in [4.69, 9.17) is 0 Å². The standard InChI is InChI=1S/C20H26N4O/c25-20(23-13-3-5-19(16-23)24-14-4-10-21-24)18-8-6-17(7-9-18)15-22-11-1-2-12-22/h4,6-10,14,19H,1-3,5,11-13,15-16H2/t19-/m0/s1. The van der Waals surface area contributed by atoms with E-state index in [2.05, 4.69) is 22.1 Å². The minimum Gasteiger partial charge on any atom is -0.337 e. The summed E-state index contributed by atoms with van der Waals surface area (Å²) in [6.45, 7) is 4.98. The second kappa shape index (κ2) is 7.40. The number of likely N-dealkylation sites (tertiary alicyclic amines) is 2. The Morgan fingerprint density at radius 2 is 1.88 bits per heavy atom. The minimum atomic E-state index is 0.143. The SMILES string of the molecule is O=C(c1ccc(CN2CCCC2)cc1)N1CCC[C@H](n2cccn2)C1. The summed E-state index contributed by atoms with van der Waals surface area (Å²) in [6, 6.07) is 10.4. The van der Waals surface area contributed by atoms with Crippen molar-refractivity contribution in [3.8, 4) is 0 Å². The number of amides is 1. The monoisotopic (exact) mass is 338 g/mol. The zero-order chi connectivity index (χ0) is 17.1. The number of aromatic nitrogens is 2. The van der Waals surface area contributed by atoms with Crippen molar-refractivity contribution in [2.45, 2.75) is 38.3 Å². The second-order valence-electron chi connectivity index (χ2n) is 7.21. The van der Waals surface area contributed by atoms with Gasteiger partial charge in [-0.05, 0) is 62.5 Å². The molecule has 0 saturated carbocycles. The molecular formula is C20H26N4O. The van der Waals surface area contributed by atoms with Gasteiger partial charge in [0.25, 0.3) is 5.91 Å². The Labute approximate surface area is 149 Å². The zero-order valence-electron chi connectivity index (χ0n) is 14.7. The topological polar surface area (TPSA) is 41.4 Å². The van der Waals surface area contributed by atoms with E-state index in [-0.39, 0.29) is 5.91 Å². The molecule has 1 atom stereocenters. The van der Waals surface area contributed by atoms with Crippen molar-refractivity contribution in [3.05, 3.63) is 53.9 Å². The average molecular weight is 338 g/mol. The van der Waals surface area contributed by atoms with Gasteiger partial charge in [-0.3, -0.25) is 14.4 Å². The summed E-state index contributed by atoms with van der Waals surface area (Å²) in [4.78, 5) is 17.3. The van der Waals surface area contributed by atoms with Crippen LogP contribution in [0.1, 0.15) is 47.6 Å². The van der Waals surface area contributed by atoms with Gasteiger partial charge in [0.2, 0.25) is 0 Å². The highest BCUT2D eigenvalue weighted by molar-refractivity contribution is 5.94. The third kappa shape index (κ3) is 3.76. The first kappa shape index (κ1) is 16.3. The van der Waals surface area contributed by atoms with Crippen LogP contribution in [0.25, 0.3) is 0 Å². The molecule has 5 nitrogen and oxygen atoms in total. The third-order valence-corrected chi connectivity index (χ3v) is 5.39. The fourth-order valence-corrected chi connectivity index (χ4v) is 3.99. The molecule has 132 valence electrons. The van der Waals surface area contributed by atoms with Crippen LogP contribution < -0.4 is 0 Å². The normalized spacial score (nSPS) is 21.6. The fraction of sp³-hybridized carbons (Fsp3) is 0.500. The van der Waals surface area contributed by atoms with Crippen molar-refractivity contribution in [3.63, 3.8) is 0 Å². The van der Waals surface area contributed by atoms with Crippen molar-refractivity contribution >= 4 is 5.91 Å². The molecule has 3 heterocycles. The van der Waals surface area contributed by atoms with Gasteiger partial charge in [0, 0.05) is 37.6 Å². The number of nitrogens with zero attached hydrogens (tertiary/aromatic N) is 4. The van der Waals surface area contributed by atoms with E-state index < -0.39 is 0 Å². The molecule has 1 aromatic heterocycles. The van der Waals surface area contributed by atoms with Gasteiger partial charge < -0.3 is 4.90 Å². The van der Waals surface area contributed by atoms with E-state index in [1.807, 2.05) is 34.0 Å². The molecule has 0 spiro atoms. The van der Waals surface area contributed by atoms with Crippen molar-refractivity contribution in [2.24, 2.45) is 0 Å². The molecule has 2 aliphatic rings. The molecule has 0 radical (unpaired) electrons. The van der Waals surface area contributed by atoms with E-state index >= 15 is 0 Å². The molecule has 0 bridgehead atoms. The molecule has 2 saturated heterocycles. The van der Waals surface area contributed by atoms with Crippen molar-refractivity contribution < 1.29 is 4.79 Å². The summed E-state index contributed by atoms with van der Waals surface area (Å²) >= 11 is 0. The van der Waals surface area contributed by atoms with Gasteiger partial charge in [0.05, 0.1) is 6.04 Å². The van der Waals surface area contributed by atoms with Crippen LogP contribution in [0.5, 0.6) is 0 Å². The maximum Gasteiger partial charge on any atom is 0.253 e. The molecule has 2 aliphatic heterocycles. The van der Waals surface area contributed by atoms with E-state index in [0.29, 0.717) is 6.04 Å². The van der Waals surface area contributed by atoms with Crippen LogP contribution in [0.2, 0.25) is 0 Å². The lowest BCUT2D eigenvalue weighted by atomic mass is 10.0. The number of carbonyl (C=O) groups is 1. The highest BCUT2D eigenvalue weighted by Crippen LogP contribution is 2.22. The Kier molecular flexibility index (Phi) is 4.83. The van der Waals surface area contributed by atoms with Gasteiger partial charge in [-0.15, -0.1) is 0 Å². The molecule has 2 aromatic rings. The van der Waals surface area contributed by atoms with Gasteiger partial charge in [0.1, 0.15) is 0 Å². The van der Waals surface area contributed by atoms with Crippen LogP contribution in [0.3, 0.4) is 0 Å². The lowest BCUT2D eigenvalue weighted by Gasteiger charge is -2.33. The minimum absolute atomic E-state index is 0.143. The molecule has 1 amide bonds. The van der Waals surface area contributed by atoms with Crippen LogP contribution >= 0.6 is 0 Å². The molecular weight excluding hydrogens is 312 g/mol. The third-order valence-electron chi connectivity index (χ3n) is 5.39. The Morgan fingerprint density at radius 3 is 2.60 bits per heavy atom. The molecule has 25 heavy (non-hydrogen) atoms. The molecule has 0 unspecified atom stereocenters. The first-order valence-electron chi connectivity index (χ1n) is 9.39. The van der Waals surface area contributed by atoms with Gasteiger partial charge in [-0.25, -0.2) is 0 Å². The number of hydrogen-bond acceptors (Lipinski definition) is 3. The first-order valence-corrected chi connectivity index (χ1v) is 9.39. The van der Waals surface area contributed by atoms with Crippen LogP contribution in [-0.2, 0) is 6.54 Å². The van der Waals surface area contributed by atoms with Crippen molar-refractivity contribution in [2.75, 3.05) is 26.2 Å². The number of rotatable bonds is 4. The average Bonchev–Trinajstić information content (AvgIpc) is 3.36. The number of carbonyl (C=O) groups excluding carboxylic acids is 1. The second-order valence-corrected chi connectivity index (χ2v) is 7.21. The summed E-state index contributed by atoms with van der Waals surface area (Å²) in [6.07, 6.45) is 8.53. The predicted molar refractivity (Wildman–Crippen MR) is 97.4 cm³/mol. The van der Waals surface area contributed by atoms with Gasteiger partial charge in [0.15, 0.2) is 0 Å². The molecule has 2 fully saturated rings. The maximum absolute atomic E-state index is 12.9. The number of benzene rings is 1. The number of piperidine rings is 1. The summed E-state index contributed by atoms with van der Waals surface area (Å²) in [5.74, 6) is 0.143. The Hall–Kier alpha value is -2.14. The molecule has 1 aromatic carbocycles. The summed E-state index contributed by atoms with van der Waals surface area (Å²) in [5.41, 5.74) is 2.10. The van der Waals surface area contributed by atoms with Crippen LogP contribution in [0.4, 0.5) is 0 Å². The smallest absolute Gasteiger partial charge is 0.253 e. The van der Waals surface area contributed by atoms with E-state index in [0.717, 1.165) is 38.0 Å². The molecule has 5 heteroatoms. The Bertz CT molecular complexity index is 689. The first-order chi connectivity index (χ1) is 12.3. The predicted octanol–water partition coefficient (Wildman–Crippen LogP) is 2.96. The molecule has 4 rings (SSSR count). The van der Waals surface area contributed by atoms with E-state index in [9.17, 15) is 4.79 Å². The van der Waals surface area contributed by atoms with Gasteiger partial charge in [-0.1, -0.05) is 12.1 Å². The van der Waals surface area contributed by atoms with E-state index in [1.54, 1.807) is 6.20 Å². The lowest BCUT2D eigenvalue weighted by molar-refractivity contribution is 0.0673. The fourth-order valence-electron chi connectivity index (χ4n) is 3.99. The summed E-state index contributed by atoms with van der Waals surface area (Å²) in [7, 11) is 0. The molecule has 0 N–H and O–H groups in total. The van der Waals surface area contributed by atoms with Gasteiger partial charge in [-0.2, -0.15) is 5.10 Å². The summed E-state index contributed by atoms with van der Waals surface area (Å²) in [5, 5.41) is 4.34. The zero-order valence-corrected chi connectivity index (χ0v) is 14.7.